The topological polar surface area (TPSA) is 78.9 Å². The Balaban J connectivity index is 4.21. The van der Waals surface area contributed by atoms with Gasteiger partial charge in [-0.15, -0.1) is 0 Å². The van der Waals surface area contributed by atoms with Crippen LogP contribution in [-0.4, -0.2) is 37.2 Å². The van der Waals surface area contributed by atoms with E-state index in [1.165, 1.54) is 257 Å². The highest BCUT2D eigenvalue weighted by Crippen LogP contribution is 2.18. The minimum Gasteiger partial charge on any atom is -0.462 e. The van der Waals surface area contributed by atoms with Crippen molar-refractivity contribution in [2.75, 3.05) is 13.2 Å². The van der Waals surface area contributed by atoms with E-state index in [2.05, 4.69) is 45.1 Å². The summed E-state index contributed by atoms with van der Waals surface area (Å²) >= 11 is 0. The van der Waals surface area contributed by atoms with Crippen LogP contribution in [0.4, 0.5) is 0 Å². The second-order valence-electron chi connectivity index (χ2n) is 22.0. The summed E-state index contributed by atoms with van der Waals surface area (Å²) in [6.45, 7) is 6.67. The van der Waals surface area contributed by atoms with E-state index in [-0.39, 0.29) is 31.1 Å². The molecule has 1 unspecified atom stereocenters. The highest BCUT2D eigenvalue weighted by molar-refractivity contribution is 5.71. The quantitative estimate of drug-likeness (QED) is 0.0261. The van der Waals surface area contributed by atoms with Gasteiger partial charge in [0.15, 0.2) is 6.10 Å². The van der Waals surface area contributed by atoms with Gasteiger partial charge < -0.3 is 14.2 Å². The summed E-state index contributed by atoms with van der Waals surface area (Å²) in [6, 6.07) is 0. The van der Waals surface area contributed by atoms with Crippen LogP contribution in [0.15, 0.2) is 24.3 Å². The molecule has 0 rings (SSSR count). The molecule has 0 aromatic rings. The van der Waals surface area contributed by atoms with Crippen LogP contribution in [0.25, 0.3) is 0 Å². The number of esters is 3. The fourth-order valence-electron chi connectivity index (χ4n) is 9.79. The Morgan fingerprint density at radius 3 is 0.722 bits per heavy atom. The van der Waals surface area contributed by atoms with Gasteiger partial charge in [-0.3, -0.25) is 14.4 Å². The van der Waals surface area contributed by atoms with Gasteiger partial charge >= 0.3 is 17.9 Å². The van der Waals surface area contributed by atoms with Gasteiger partial charge in [0, 0.05) is 19.3 Å². The number of carbonyl (C=O) groups excluding carboxylic acids is 3. The van der Waals surface area contributed by atoms with E-state index in [1.54, 1.807) is 0 Å². The van der Waals surface area contributed by atoms with E-state index in [9.17, 15) is 14.4 Å². The molecule has 0 aromatic carbocycles. The number of ether oxygens (including phenoxy) is 3. The van der Waals surface area contributed by atoms with E-state index >= 15 is 0 Å². The first-order valence-electron chi connectivity index (χ1n) is 32.3. The standard InChI is InChI=1S/C66H124O6/c1-4-7-10-13-16-19-22-25-27-29-30-31-32-33-34-35-36-38-39-41-44-47-50-53-56-59-65(68)71-62-63(61-70-64(67)58-55-52-49-46-43-24-21-18-15-12-9-6-3)72-66(69)60-57-54-51-48-45-42-40-37-28-26-23-20-17-14-11-8-5-2/h18,21,29-30,63H,4-17,19-20,22-28,31-62H2,1-3H3/b21-18-,30-29-. The number of carbonyl (C=O) groups is 3. The van der Waals surface area contributed by atoms with Crippen LogP contribution in [0, 0.1) is 0 Å². The van der Waals surface area contributed by atoms with Crippen LogP contribution >= 0.6 is 0 Å². The molecule has 0 spiro atoms. The van der Waals surface area contributed by atoms with Crippen LogP contribution in [-0.2, 0) is 28.6 Å². The van der Waals surface area contributed by atoms with Gasteiger partial charge in [-0.1, -0.05) is 295 Å². The average Bonchev–Trinajstić information content (AvgIpc) is 3.38. The first-order valence-corrected chi connectivity index (χ1v) is 32.3. The lowest BCUT2D eigenvalue weighted by atomic mass is 10.0. The average molecular weight is 1010 g/mol. The van der Waals surface area contributed by atoms with Gasteiger partial charge in [0.25, 0.3) is 0 Å². The van der Waals surface area contributed by atoms with Crippen molar-refractivity contribution < 1.29 is 28.6 Å². The lowest BCUT2D eigenvalue weighted by Gasteiger charge is -2.18. The molecule has 0 aromatic heterocycles. The molecule has 424 valence electrons. The Kier molecular flexibility index (Phi) is 59.6. The van der Waals surface area contributed by atoms with Crippen LogP contribution in [0.5, 0.6) is 0 Å². The van der Waals surface area contributed by atoms with Crippen LogP contribution < -0.4 is 0 Å². The SMILES string of the molecule is CCCCC/C=C\CCCCCCCC(=O)OCC(COC(=O)CCCCCCCCCCCCCCC/C=C\CCCCCCCCCC)OC(=O)CCCCCCCCCCCCCCCCCCC. The highest BCUT2D eigenvalue weighted by atomic mass is 16.6. The third kappa shape index (κ3) is 58.8. The minimum atomic E-state index is -0.771. The van der Waals surface area contributed by atoms with Crippen LogP contribution in [0.1, 0.15) is 361 Å². The summed E-state index contributed by atoms with van der Waals surface area (Å²) in [5.74, 6) is -0.853. The zero-order valence-corrected chi connectivity index (χ0v) is 48.7. The Morgan fingerprint density at radius 2 is 0.458 bits per heavy atom. The van der Waals surface area contributed by atoms with Crippen molar-refractivity contribution in [3.8, 4) is 0 Å². The summed E-state index contributed by atoms with van der Waals surface area (Å²) in [5, 5.41) is 0. The maximum Gasteiger partial charge on any atom is 0.306 e. The minimum absolute atomic E-state index is 0.0687. The van der Waals surface area contributed by atoms with Crippen molar-refractivity contribution in [2.24, 2.45) is 0 Å². The normalized spacial score (nSPS) is 12.1. The number of hydrogen-bond donors (Lipinski definition) is 0. The molecule has 0 aliphatic heterocycles. The molecule has 6 heteroatoms. The molecule has 0 fully saturated rings. The molecule has 0 bridgehead atoms. The zero-order valence-electron chi connectivity index (χ0n) is 48.7. The van der Waals surface area contributed by atoms with Crippen molar-refractivity contribution in [1.29, 1.82) is 0 Å². The molecule has 0 heterocycles. The molecule has 0 aliphatic rings. The number of rotatable bonds is 60. The van der Waals surface area contributed by atoms with E-state index in [4.69, 9.17) is 14.2 Å². The Morgan fingerprint density at radius 1 is 0.264 bits per heavy atom. The molecule has 72 heavy (non-hydrogen) atoms. The van der Waals surface area contributed by atoms with Crippen molar-refractivity contribution in [3.63, 3.8) is 0 Å². The van der Waals surface area contributed by atoms with Gasteiger partial charge in [-0.2, -0.15) is 0 Å². The molecule has 0 amide bonds. The number of hydrogen-bond acceptors (Lipinski definition) is 6. The molecule has 0 radical (unpaired) electrons. The van der Waals surface area contributed by atoms with Crippen molar-refractivity contribution in [1.82, 2.24) is 0 Å². The van der Waals surface area contributed by atoms with E-state index in [0.29, 0.717) is 19.3 Å². The number of unbranched alkanes of at least 4 members (excludes halogenated alkanes) is 45. The monoisotopic (exact) mass is 1010 g/mol. The summed E-state index contributed by atoms with van der Waals surface area (Å²) in [7, 11) is 0. The molecular weight excluding hydrogens is 889 g/mol. The molecule has 0 saturated heterocycles. The fraction of sp³-hybridized carbons (Fsp3) is 0.894. The maximum absolute atomic E-state index is 12.9. The molecule has 0 aliphatic carbocycles. The lowest BCUT2D eigenvalue weighted by molar-refractivity contribution is -0.167. The molecular formula is C66H124O6. The predicted octanol–water partition coefficient (Wildman–Crippen LogP) is 21.8. The van der Waals surface area contributed by atoms with E-state index in [1.807, 2.05) is 0 Å². The van der Waals surface area contributed by atoms with Crippen molar-refractivity contribution in [3.05, 3.63) is 24.3 Å². The Bertz CT molecular complexity index is 1160. The second kappa shape index (κ2) is 61.4. The van der Waals surface area contributed by atoms with E-state index < -0.39 is 6.10 Å². The van der Waals surface area contributed by atoms with Crippen molar-refractivity contribution in [2.45, 2.75) is 367 Å². The van der Waals surface area contributed by atoms with Crippen molar-refractivity contribution >= 4 is 17.9 Å². The Hall–Kier alpha value is -2.11. The van der Waals surface area contributed by atoms with Gasteiger partial charge in [0.2, 0.25) is 0 Å². The predicted molar refractivity (Wildman–Crippen MR) is 312 cm³/mol. The van der Waals surface area contributed by atoms with Gasteiger partial charge in [-0.25, -0.2) is 0 Å². The first kappa shape index (κ1) is 69.9. The summed E-state index contributed by atoms with van der Waals surface area (Å²) in [5.41, 5.74) is 0. The van der Waals surface area contributed by atoms with Gasteiger partial charge in [-0.05, 0) is 70.6 Å². The molecule has 0 saturated carbocycles. The largest absolute Gasteiger partial charge is 0.462 e. The lowest BCUT2D eigenvalue weighted by Crippen LogP contribution is -2.30. The Labute approximate surface area is 449 Å². The van der Waals surface area contributed by atoms with Crippen LogP contribution in [0.3, 0.4) is 0 Å². The van der Waals surface area contributed by atoms with Gasteiger partial charge in [0.1, 0.15) is 13.2 Å². The van der Waals surface area contributed by atoms with Gasteiger partial charge in [0.05, 0.1) is 0 Å². The zero-order chi connectivity index (χ0) is 52.2. The number of allylic oxidation sites excluding steroid dienone is 4. The van der Waals surface area contributed by atoms with Crippen LogP contribution in [0.2, 0.25) is 0 Å². The second-order valence-corrected chi connectivity index (χ2v) is 22.0. The fourth-order valence-corrected chi connectivity index (χ4v) is 9.79. The molecule has 0 N–H and O–H groups in total. The first-order chi connectivity index (χ1) is 35.5. The molecule has 6 nitrogen and oxygen atoms in total. The maximum atomic E-state index is 12.9. The highest BCUT2D eigenvalue weighted by Gasteiger charge is 2.19. The summed E-state index contributed by atoms with van der Waals surface area (Å²) in [6.07, 6.45) is 73.3. The van der Waals surface area contributed by atoms with E-state index in [0.717, 1.165) is 64.2 Å². The third-order valence-electron chi connectivity index (χ3n) is 14.7. The molecule has 1 atom stereocenters. The summed E-state index contributed by atoms with van der Waals surface area (Å²) < 4.78 is 16.9. The third-order valence-corrected chi connectivity index (χ3v) is 14.7. The smallest absolute Gasteiger partial charge is 0.306 e. The summed E-state index contributed by atoms with van der Waals surface area (Å²) in [4.78, 5) is 38.2.